The molecule has 106 valence electrons. The third-order valence-electron chi connectivity index (χ3n) is 3.95. The molecule has 1 unspecified atom stereocenters. The van der Waals surface area contributed by atoms with Crippen molar-refractivity contribution in [1.29, 1.82) is 0 Å². The van der Waals surface area contributed by atoms with Gasteiger partial charge < -0.3 is 10.4 Å². The lowest BCUT2D eigenvalue weighted by Gasteiger charge is -2.24. The summed E-state index contributed by atoms with van der Waals surface area (Å²) in [5.41, 5.74) is 5.03. The topological polar surface area (TPSA) is 32.3 Å². The van der Waals surface area contributed by atoms with Gasteiger partial charge in [0, 0.05) is 6.04 Å². The molecule has 0 saturated carbocycles. The van der Waals surface area contributed by atoms with Gasteiger partial charge in [0.05, 0.1) is 12.6 Å². The Morgan fingerprint density at radius 2 is 1.70 bits per heavy atom. The van der Waals surface area contributed by atoms with E-state index in [0.29, 0.717) is 0 Å². The Labute approximate surface area is 121 Å². The van der Waals surface area contributed by atoms with Gasteiger partial charge in [0.25, 0.3) is 0 Å². The molecular formula is C18H23NO. The van der Waals surface area contributed by atoms with E-state index in [2.05, 4.69) is 44.3 Å². The Balaban J connectivity index is 2.17. The van der Waals surface area contributed by atoms with Gasteiger partial charge in [-0.2, -0.15) is 0 Å². The van der Waals surface area contributed by atoms with Gasteiger partial charge in [-0.3, -0.25) is 0 Å². The van der Waals surface area contributed by atoms with Crippen molar-refractivity contribution in [3.8, 4) is 0 Å². The summed E-state index contributed by atoms with van der Waals surface area (Å²) in [6, 6.07) is 16.6. The zero-order chi connectivity index (χ0) is 14.5. The maximum Gasteiger partial charge on any atom is 0.0626 e. The number of rotatable bonds is 5. The molecule has 2 atom stereocenters. The smallest absolute Gasteiger partial charge is 0.0626 e. The number of hydrogen-bond donors (Lipinski definition) is 2. The summed E-state index contributed by atoms with van der Waals surface area (Å²) in [4.78, 5) is 0. The molecule has 0 fully saturated rings. The summed E-state index contributed by atoms with van der Waals surface area (Å²) in [7, 11) is 0. The lowest BCUT2D eigenvalue weighted by Crippen LogP contribution is -2.27. The lowest BCUT2D eigenvalue weighted by molar-refractivity contribution is 0.235. The third-order valence-corrected chi connectivity index (χ3v) is 3.95. The molecule has 2 N–H and O–H groups in total. The molecular weight excluding hydrogens is 246 g/mol. The van der Waals surface area contributed by atoms with Gasteiger partial charge in [0.2, 0.25) is 0 Å². The van der Waals surface area contributed by atoms with Crippen LogP contribution in [0.15, 0.2) is 48.5 Å². The van der Waals surface area contributed by atoms with E-state index in [9.17, 15) is 5.11 Å². The maximum absolute atomic E-state index is 9.64. The summed E-state index contributed by atoms with van der Waals surface area (Å²) in [6.07, 6.45) is 0. The second-order valence-electron chi connectivity index (χ2n) is 5.32. The highest BCUT2D eigenvalue weighted by atomic mass is 16.3. The summed E-state index contributed by atoms with van der Waals surface area (Å²) >= 11 is 0. The molecule has 0 spiro atoms. The maximum atomic E-state index is 9.64. The predicted molar refractivity (Wildman–Crippen MR) is 83.7 cm³/mol. The number of nitrogens with one attached hydrogen (secondary N) is 1. The predicted octanol–water partition coefficient (Wildman–Crippen LogP) is 3.69. The van der Waals surface area contributed by atoms with E-state index in [4.69, 9.17) is 0 Å². The zero-order valence-corrected chi connectivity index (χ0v) is 12.4. The van der Waals surface area contributed by atoms with E-state index in [1.165, 1.54) is 16.7 Å². The van der Waals surface area contributed by atoms with E-state index in [1.54, 1.807) is 0 Å². The molecule has 2 heteroatoms. The van der Waals surface area contributed by atoms with Gasteiger partial charge in [-0.1, -0.05) is 48.5 Å². The van der Waals surface area contributed by atoms with Crippen LogP contribution in [-0.2, 0) is 0 Å². The number of aliphatic hydroxyl groups excluding tert-OH is 1. The first kappa shape index (κ1) is 14.8. The minimum Gasteiger partial charge on any atom is -0.394 e. The first-order valence-electron chi connectivity index (χ1n) is 7.11. The van der Waals surface area contributed by atoms with Gasteiger partial charge in [-0.05, 0) is 43.0 Å². The molecule has 0 radical (unpaired) electrons. The van der Waals surface area contributed by atoms with Gasteiger partial charge in [0.15, 0.2) is 0 Å². The highest BCUT2D eigenvalue weighted by Crippen LogP contribution is 2.23. The van der Waals surface area contributed by atoms with Crippen LogP contribution in [0.2, 0.25) is 0 Å². The van der Waals surface area contributed by atoms with E-state index < -0.39 is 0 Å². The fraction of sp³-hybridized carbons (Fsp3) is 0.333. The van der Waals surface area contributed by atoms with Crippen LogP contribution in [-0.4, -0.2) is 11.7 Å². The molecule has 0 amide bonds. The monoisotopic (exact) mass is 269 g/mol. The van der Waals surface area contributed by atoms with Crippen LogP contribution < -0.4 is 5.32 Å². The number of aryl methyl sites for hydroxylation is 1. The molecule has 0 aromatic heterocycles. The second kappa shape index (κ2) is 6.69. The van der Waals surface area contributed by atoms with Gasteiger partial charge in [0.1, 0.15) is 0 Å². The van der Waals surface area contributed by atoms with E-state index in [1.807, 2.05) is 30.3 Å². The van der Waals surface area contributed by atoms with Gasteiger partial charge in [-0.15, -0.1) is 0 Å². The largest absolute Gasteiger partial charge is 0.394 e. The molecule has 0 saturated heterocycles. The van der Waals surface area contributed by atoms with Crippen LogP contribution in [0.25, 0.3) is 0 Å². The van der Waals surface area contributed by atoms with Crippen molar-refractivity contribution in [1.82, 2.24) is 5.32 Å². The molecule has 2 rings (SSSR count). The van der Waals surface area contributed by atoms with Gasteiger partial charge >= 0.3 is 0 Å². The second-order valence-corrected chi connectivity index (χ2v) is 5.32. The minimum absolute atomic E-state index is 0.0360. The van der Waals surface area contributed by atoms with Crippen molar-refractivity contribution < 1.29 is 5.11 Å². The third kappa shape index (κ3) is 3.27. The van der Waals surface area contributed by atoms with Crippen molar-refractivity contribution >= 4 is 0 Å². The Bertz CT molecular complexity index is 551. The number of benzene rings is 2. The first-order chi connectivity index (χ1) is 9.63. The molecule has 0 bridgehead atoms. The van der Waals surface area contributed by atoms with Crippen LogP contribution in [0.3, 0.4) is 0 Å². The van der Waals surface area contributed by atoms with Gasteiger partial charge in [-0.25, -0.2) is 0 Å². The number of hydrogen-bond acceptors (Lipinski definition) is 2. The van der Waals surface area contributed by atoms with Crippen LogP contribution in [0.5, 0.6) is 0 Å². The summed E-state index contributed by atoms with van der Waals surface area (Å²) in [5, 5.41) is 13.2. The minimum atomic E-state index is -0.0360. The Morgan fingerprint density at radius 3 is 2.35 bits per heavy atom. The SMILES string of the molecule is Cc1cccc(C(C)N[C@H](CO)c2ccccc2)c1C. The molecule has 2 aromatic rings. The molecule has 0 aliphatic carbocycles. The zero-order valence-electron chi connectivity index (χ0n) is 12.4. The van der Waals surface area contributed by atoms with Crippen LogP contribution >= 0.6 is 0 Å². The van der Waals surface area contributed by atoms with Crippen molar-refractivity contribution in [3.63, 3.8) is 0 Å². The summed E-state index contributed by atoms with van der Waals surface area (Å²) in [6.45, 7) is 6.53. The average Bonchev–Trinajstić information content (AvgIpc) is 2.48. The lowest BCUT2D eigenvalue weighted by atomic mass is 9.97. The Morgan fingerprint density at radius 1 is 1.00 bits per heavy atom. The van der Waals surface area contributed by atoms with Crippen molar-refractivity contribution in [2.24, 2.45) is 0 Å². The van der Waals surface area contributed by atoms with Crippen molar-refractivity contribution in [3.05, 3.63) is 70.8 Å². The standard InChI is InChI=1S/C18H23NO/c1-13-8-7-11-17(14(13)2)15(3)19-18(12-20)16-9-5-4-6-10-16/h4-11,15,18-20H,12H2,1-3H3/t15?,18-/m1/s1. The Hall–Kier alpha value is -1.64. The van der Waals surface area contributed by atoms with Crippen LogP contribution in [0.4, 0.5) is 0 Å². The van der Waals surface area contributed by atoms with E-state index in [-0.39, 0.29) is 18.7 Å². The normalized spacial score (nSPS) is 14.0. The Kier molecular flexibility index (Phi) is 4.94. The molecule has 20 heavy (non-hydrogen) atoms. The summed E-state index contributed by atoms with van der Waals surface area (Å²) < 4.78 is 0. The summed E-state index contributed by atoms with van der Waals surface area (Å²) in [5.74, 6) is 0. The first-order valence-corrected chi connectivity index (χ1v) is 7.11. The van der Waals surface area contributed by atoms with Crippen LogP contribution in [0.1, 0.15) is 41.3 Å². The molecule has 0 aliphatic heterocycles. The quantitative estimate of drug-likeness (QED) is 0.867. The van der Waals surface area contributed by atoms with E-state index >= 15 is 0 Å². The highest BCUT2D eigenvalue weighted by Gasteiger charge is 2.16. The molecule has 0 heterocycles. The number of aliphatic hydroxyl groups is 1. The van der Waals surface area contributed by atoms with E-state index in [0.717, 1.165) is 5.56 Å². The fourth-order valence-electron chi connectivity index (χ4n) is 2.57. The highest BCUT2D eigenvalue weighted by molar-refractivity contribution is 5.35. The fourth-order valence-corrected chi connectivity index (χ4v) is 2.57. The molecule has 2 nitrogen and oxygen atoms in total. The van der Waals surface area contributed by atoms with Crippen molar-refractivity contribution in [2.75, 3.05) is 6.61 Å². The molecule has 0 aliphatic rings. The van der Waals surface area contributed by atoms with Crippen LogP contribution in [0, 0.1) is 13.8 Å². The average molecular weight is 269 g/mol. The molecule has 2 aromatic carbocycles. The van der Waals surface area contributed by atoms with Crippen molar-refractivity contribution in [2.45, 2.75) is 32.9 Å².